The molecule has 0 N–H and O–H groups in total. The number of carbonyl (C=O) groups excluding carboxylic acids is 1. The third-order valence-corrected chi connectivity index (χ3v) is 3.39. The van der Waals surface area contributed by atoms with Gasteiger partial charge in [-0.05, 0) is 37.5 Å². The highest BCUT2D eigenvalue weighted by molar-refractivity contribution is 6.31. The first-order chi connectivity index (χ1) is 8.63. The number of amides is 1. The van der Waals surface area contributed by atoms with Crippen LogP contribution in [0.2, 0.25) is 5.02 Å². The maximum atomic E-state index is 13.7. The minimum atomic E-state index is -0.494. The molecule has 0 atom stereocenters. The fourth-order valence-corrected chi connectivity index (χ4v) is 2.15. The Morgan fingerprint density at radius 3 is 2.83 bits per heavy atom. The first-order valence-electron chi connectivity index (χ1n) is 6.39. The minimum Gasteiger partial charge on any atom is -0.336 e. The first kappa shape index (κ1) is 13.3. The number of hydrogen-bond acceptors (Lipinski definition) is 1. The Hall–Kier alpha value is -1.09. The summed E-state index contributed by atoms with van der Waals surface area (Å²) in [4.78, 5) is 14.1. The van der Waals surface area contributed by atoms with Crippen LogP contribution in [0.25, 0.3) is 0 Å². The Bertz CT molecular complexity index is 445. The van der Waals surface area contributed by atoms with Gasteiger partial charge in [0.05, 0.1) is 5.56 Å². The molecule has 0 unspecified atom stereocenters. The van der Waals surface area contributed by atoms with E-state index < -0.39 is 5.82 Å². The standard InChI is InChI=1S/C14H17ClFNO/c1-2-3-8-17(11-5-6-11)14(18)12-9-10(15)4-7-13(12)16/h4,7,9,11H,2-3,5-6,8H2,1H3. The predicted molar refractivity (Wildman–Crippen MR) is 70.4 cm³/mol. The second-order valence-corrected chi connectivity index (χ2v) is 5.14. The van der Waals surface area contributed by atoms with Gasteiger partial charge < -0.3 is 4.90 Å². The molecule has 1 saturated carbocycles. The number of benzene rings is 1. The van der Waals surface area contributed by atoms with Gasteiger partial charge in [0.1, 0.15) is 5.82 Å². The molecule has 0 heterocycles. The molecule has 2 rings (SSSR count). The molecule has 98 valence electrons. The summed E-state index contributed by atoms with van der Waals surface area (Å²) >= 11 is 5.83. The summed E-state index contributed by atoms with van der Waals surface area (Å²) in [5.41, 5.74) is 0.0884. The number of carbonyl (C=O) groups is 1. The summed E-state index contributed by atoms with van der Waals surface area (Å²) in [6.07, 6.45) is 4.02. The summed E-state index contributed by atoms with van der Waals surface area (Å²) in [5.74, 6) is -0.725. The molecule has 1 aromatic rings. The van der Waals surface area contributed by atoms with Crippen LogP contribution in [0.15, 0.2) is 18.2 Å². The van der Waals surface area contributed by atoms with E-state index in [0.29, 0.717) is 17.6 Å². The lowest BCUT2D eigenvalue weighted by Gasteiger charge is -2.22. The molecule has 0 spiro atoms. The van der Waals surface area contributed by atoms with E-state index in [1.165, 1.54) is 18.2 Å². The molecule has 0 aliphatic heterocycles. The maximum Gasteiger partial charge on any atom is 0.257 e. The van der Waals surface area contributed by atoms with Crippen molar-refractivity contribution < 1.29 is 9.18 Å². The third-order valence-electron chi connectivity index (χ3n) is 3.16. The molecule has 0 radical (unpaired) electrons. The highest BCUT2D eigenvalue weighted by Crippen LogP contribution is 2.29. The third kappa shape index (κ3) is 3.02. The Morgan fingerprint density at radius 1 is 1.50 bits per heavy atom. The lowest BCUT2D eigenvalue weighted by molar-refractivity contribution is 0.0736. The fraction of sp³-hybridized carbons (Fsp3) is 0.500. The van der Waals surface area contributed by atoms with E-state index in [1.807, 2.05) is 0 Å². The van der Waals surface area contributed by atoms with Crippen molar-refractivity contribution in [1.82, 2.24) is 4.90 Å². The van der Waals surface area contributed by atoms with Crippen molar-refractivity contribution in [3.63, 3.8) is 0 Å². The van der Waals surface area contributed by atoms with Gasteiger partial charge in [-0.25, -0.2) is 4.39 Å². The lowest BCUT2D eigenvalue weighted by atomic mass is 10.1. The van der Waals surface area contributed by atoms with Crippen LogP contribution in [0.3, 0.4) is 0 Å². The van der Waals surface area contributed by atoms with Gasteiger partial charge in [0.2, 0.25) is 0 Å². The Balaban J connectivity index is 2.19. The van der Waals surface area contributed by atoms with Gasteiger partial charge in [-0.1, -0.05) is 24.9 Å². The number of hydrogen-bond donors (Lipinski definition) is 0. The number of nitrogens with zero attached hydrogens (tertiary/aromatic N) is 1. The summed E-state index contributed by atoms with van der Waals surface area (Å²) < 4.78 is 13.7. The average molecular weight is 270 g/mol. The zero-order valence-corrected chi connectivity index (χ0v) is 11.2. The van der Waals surface area contributed by atoms with Crippen molar-refractivity contribution in [2.45, 2.75) is 38.6 Å². The van der Waals surface area contributed by atoms with Crippen molar-refractivity contribution in [2.75, 3.05) is 6.54 Å². The molecule has 1 fully saturated rings. The number of rotatable bonds is 5. The second-order valence-electron chi connectivity index (χ2n) is 4.71. The van der Waals surface area contributed by atoms with Gasteiger partial charge in [0.25, 0.3) is 5.91 Å². The summed E-state index contributed by atoms with van der Waals surface area (Å²) in [7, 11) is 0. The topological polar surface area (TPSA) is 20.3 Å². The molecular formula is C14H17ClFNO. The van der Waals surface area contributed by atoms with Crippen LogP contribution in [0, 0.1) is 5.82 Å². The number of halogens is 2. The second kappa shape index (κ2) is 5.70. The minimum absolute atomic E-state index is 0.0884. The van der Waals surface area contributed by atoms with Crippen LogP contribution in [0.1, 0.15) is 43.0 Å². The molecule has 0 bridgehead atoms. The average Bonchev–Trinajstić information content (AvgIpc) is 3.17. The number of unbranched alkanes of at least 4 members (excludes halogenated alkanes) is 1. The molecule has 1 aliphatic carbocycles. The first-order valence-corrected chi connectivity index (χ1v) is 6.77. The van der Waals surface area contributed by atoms with E-state index in [4.69, 9.17) is 11.6 Å². The SMILES string of the molecule is CCCCN(C(=O)c1cc(Cl)ccc1F)C1CC1. The van der Waals surface area contributed by atoms with Gasteiger partial charge in [-0.2, -0.15) is 0 Å². The van der Waals surface area contributed by atoms with Gasteiger partial charge >= 0.3 is 0 Å². The Morgan fingerprint density at radius 2 is 2.22 bits per heavy atom. The molecule has 18 heavy (non-hydrogen) atoms. The van der Waals surface area contributed by atoms with Crippen molar-refractivity contribution in [1.29, 1.82) is 0 Å². The maximum absolute atomic E-state index is 13.7. The predicted octanol–water partition coefficient (Wildman–Crippen LogP) is 3.88. The smallest absolute Gasteiger partial charge is 0.257 e. The largest absolute Gasteiger partial charge is 0.336 e. The van der Waals surface area contributed by atoms with Gasteiger partial charge in [0.15, 0.2) is 0 Å². The lowest BCUT2D eigenvalue weighted by Crippen LogP contribution is -2.34. The van der Waals surface area contributed by atoms with Crippen LogP contribution in [0.4, 0.5) is 4.39 Å². The van der Waals surface area contributed by atoms with E-state index in [0.717, 1.165) is 25.7 Å². The molecule has 2 nitrogen and oxygen atoms in total. The van der Waals surface area contributed by atoms with Crippen LogP contribution in [-0.2, 0) is 0 Å². The van der Waals surface area contributed by atoms with Crippen molar-refractivity contribution in [3.05, 3.63) is 34.6 Å². The highest BCUT2D eigenvalue weighted by Gasteiger charge is 2.33. The van der Waals surface area contributed by atoms with Gasteiger partial charge in [-0.3, -0.25) is 4.79 Å². The monoisotopic (exact) mass is 269 g/mol. The zero-order chi connectivity index (χ0) is 13.1. The molecule has 1 aliphatic rings. The van der Waals surface area contributed by atoms with Crippen LogP contribution < -0.4 is 0 Å². The molecular weight excluding hydrogens is 253 g/mol. The summed E-state index contributed by atoms with van der Waals surface area (Å²) in [5, 5.41) is 0.394. The van der Waals surface area contributed by atoms with Crippen molar-refractivity contribution >= 4 is 17.5 Å². The van der Waals surface area contributed by atoms with E-state index in [9.17, 15) is 9.18 Å². The molecule has 1 aromatic carbocycles. The van der Waals surface area contributed by atoms with E-state index >= 15 is 0 Å². The van der Waals surface area contributed by atoms with Crippen molar-refractivity contribution in [3.8, 4) is 0 Å². The Kier molecular flexibility index (Phi) is 4.23. The molecule has 4 heteroatoms. The highest BCUT2D eigenvalue weighted by atomic mass is 35.5. The van der Waals surface area contributed by atoms with E-state index in [1.54, 1.807) is 4.90 Å². The fourth-order valence-electron chi connectivity index (χ4n) is 1.98. The van der Waals surface area contributed by atoms with E-state index in [2.05, 4.69) is 6.92 Å². The van der Waals surface area contributed by atoms with Crippen molar-refractivity contribution in [2.24, 2.45) is 0 Å². The van der Waals surface area contributed by atoms with Crippen LogP contribution >= 0.6 is 11.6 Å². The molecule has 1 amide bonds. The quantitative estimate of drug-likeness (QED) is 0.794. The Labute approximate surface area is 112 Å². The summed E-state index contributed by atoms with van der Waals surface area (Å²) in [6, 6.07) is 4.42. The van der Waals surface area contributed by atoms with Crippen LogP contribution in [-0.4, -0.2) is 23.4 Å². The molecule has 0 saturated heterocycles. The normalized spacial score (nSPS) is 14.6. The van der Waals surface area contributed by atoms with E-state index in [-0.39, 0.29) is 11.5 Å². The van der Waals surface area contributed by atoms with Gasteiger partial charge in [0, 0.05) is 17.6 Å². The summed E-state index contributed by atoms with van der Waals surface area (Å²) in [6.45, 7) is 2.78. The molecule has 0 aromatic heterocycles. The zero-order valence-electron chi connectivity index (χ0n) is 10.5. The van der Waals surface area contributed by atoms with Gasteiger partial charge in [-0.15, -0.1) is 0 Å². The van der Waals surface area contributed by atoms with Crippen LogP contribution in [0.5, 0.6) is 0 Å².